The SMILES string of the molecule is CC(C)CC(NC(=O)C(C)NC(=O)C(CC(=O)O)NC(=O)C(N)C(C)O)C(=O)O. The fraction of sp³-hybridized carbons (Fsp3) is 0.706. The van der Waals surface area contributed by atoms with Crippen LogP contribution in [0.25, 0.3) is 0 Å². The Balaban J connectivity index is 5.09. The van der Waals surface area contributed by atoms with E-state index in [-0.39, 0.29) is 12.3 Å². The molecule has 12 nitrogen and oxygen atoms in total. The summed E-state index contributed by atoms with van der Waals surface area (Å²) in [6.07, 6.45) is -1.85. The highest BCUT2D eigenvalue weighted by atomic mass is 16.4. The lowest BCUT2D eigenvalue weighted by atomic mass is 10.0. The van der Waals surface area contributed by atoms with Crippen molar-refractivity contribution in [1.29, 1.82) is 0 Å². The van der Waals surface area contributed by atoms with Gasteiger partial charge in [-0.15, -0.1) is 0 Å². The van der Waals surface area contributed by atoms with Gasteiger partial charge >= 0.3 is 11.9 Å². The van der Waals surface area contributed by atoms with Crippen molar-refractivity contribution in [2.24, 2.45) is 11.7 Å². The van der Waals surface area contributed by atoms with E-state index < -0.39 is 66.4 Å². The lowest BCUT2D eigenvalue weighted by molar-refractivity contribution is -0.143. The number of carbonyl (C=O) groups excluding carboxylic acids is 3. The zero-order chi connectivity index (χ0) is 22.9. The molecule has 0 radical (unpaired) electrons. The number of hydrogen-bond acceptors (Lipinski definition) is 7. The van der Waals surface area contributed by atoms with Crippen LogP contribution in [0.5, 0.6) is 0 Å². The highest BCUT2D eigenvalue weighted by molar-refractivity contribution is 5.95. The van der Waals surface area contributed by atoms with Gasteiger partial charge in [-0.05, 0) is 26.2 Å². The second kappa shape index (κ2) is 12.0. The maximum absolute atomic E-state index is 12.3. The van der Waals surface area contributed by atoms with Crippen LogP contribution >= 0.6 is 0 Å². The molecule has 12 heteroatoms. The second-order valence-corrected chi connectivity index (χ2v) is 7.18. The Kier molecular flexibility index (Phi) is 10.8. The summed E-state index contributed by atoms with van der Waals surface area (Å²) < 4.78 is 0. The minimum Gasteiger partial charge on any atom is -0.481 e. The molecule has 0 aliphatic rings. The summed E-state index contributed by atoms with van der Waals surface area (Å²) in [5.41, 5.74) is 5.45. The normalized spacial score (nSPS) is 16.1. The zero-order valence-electron chi connectivity index (χ0n) is 16.8. The Labute approximate surface area is 168 Å². The Hall–Kier alpha value is -2.73. The maximum Gasteiger partial charge on any atom is 0.326 e. The second-order valence-electron chi connectivity index (χ2n) is 7.18. The van der Waals surface area contributed by atoms with Crippen molar-refractivity contribution in [3.8, 4) is 0 Å². The lowest BCUT2D eigenvalue weighted by Crippen LogP contribution is -2.57. The van der Waals surface area contributed by atoms with Crippen LogP contribution in [0.1, 0.15) is 40.5 Å². The van der Waals surface area contributed by atoms with E-state index in [0.29, 0.717) is 0 Å². The van der Waals surface area contributed by atoms with Gasteiger partial charge in [-0.1, -0.05) is 13.8 Å². The number of nitrogens with one attached hydrogen (secondary N) is 3. The number of aliphatic hydroxyl groups is 1. The molecule has 8 N–H and O–H groups in total. The molecular weight excluding hydrogens is 388 g/mol. The van der Waals surface area contributed by atoms with E-state index in [1.165, 1.54) is 13.8 Å². The number of carbonyl (C=O) groups is 5. The summed E-state index contributed by atoms with van der Waals surface area (Å²) >= 11 is 0. The molecule has 0 aliphatic carbocycles. The monoisotopic (exact) mass is 418 g/mol. The highest BCUT2D eigenvalue weighted by Gasteiger charge is 2.30. The van der Waals surface area contributed by atoms with Crippen LogP contribution in [-0.2, 0) is 24.0 Å². The third kappa shape index (κ3) is 9.85. The molecule has 0 bridgehead atoms. The molecule has 166 valence electrons. The molecule has 5 atom stereocenters. The van der Waals surface area contributed by atoms with Crippen LogP contribution in [0.4, 0.5) is 0 Å². The quantitative estimate of drug-likeness (QED) is 0.183. The van der Waals surface area contributed by atoms with E-state index in [4.69, 9.17) is 10.8 Å². The maximum atomic E-state index is 12.3. The predicted octanol–water partition coefficient (Wildman–Crippen LogP) is -2.23. The number of carboxylic acid groups (broad SMARTS) is 2. The van der Waals surface area contributed by atoms with Gasteiger partial charge in [0.2, 0.25) is 17.7 Å². The predicted molar refractivity (Wildman–Crippen MR) is 100 cm³/mol. The minimum atomic E-state index is -1.55. The van der Waals surface area contributed by atoms with Gasteiger partial charge < -0.3 is 37.0 Å². The van der Waals surface area contributed by atoms with Crippen LogP contribution in [0, 0.1) is 5.92 Å². The molecule has 0 rings (SSSR count). The van der Waals surface area contributed by atoms with Crippen LogP contribution in [0.3, 0.4) is 0 Å². The average molecular weight is 418 g/mol. The van der Waals surface area contributed by atoms with Gasteiger partial charge in [0.25, 0.3) is 0 Å². The van der Waals surface area contributed by atoms with Crippen molar-refractivity contribution in [3.63, 3.8) is 0 Å². The molecule has 0 saturated carbocycles. The van der Waals surface area contributed by atoms with E-state index in [1.54, 1.807) is 13.8 Å². The van der Waals surface area contributed by atoms with Crippen LogP contribution in [-0.4, -0.2) is 75.3 Å². The molecule has 0 aromatic heterocycles. The van der Waals surface area contributed by atoms with E-state index in [2.05, 4.69) is 16.0 Å². The van der Waals surface area contributed by atoms with Crippen molar-refractivity contribution in [2.75, 3.05) is 0 Å². The third-order valence-electron chi connectivity index (χ3n) is 3.91. The van der Waals surface area contributed by atoms with E-state index in [9.17, 15) is 34.2 Å². The van der Waals surface area contributed by atoms with Crippen LogP contribution in [0.2, 0.25) is 0 Å². The van der Waals surface area contributed by atoms with Crippen molar-refractivity contribution >= 4 is 29.7 Å². The fourth-order valence-corrected chi connectivity index (χ4v) is 2.24. The van der Waals surface area contributed by atoms with E-state index in [0.717, 1.165) is 0 Å². The van der Waals surface area contributed by atoms with Gasteiger partial charge in [0.1, 0.15) is 24.2 Å². The van der Waals surface area contributed by atoms with Crippen molar-refractivity contribution in [2.45, 2.75) is 70.8 Å². The molecule has 3 amide bonds. The van der Waals surface area contributed by atoms with Gasteiger partial charge in [0.15, 0.2) is 0 Å². The van der Waals surface area contributed by atoms with E-state index in [1.807, 2.05) is 0 Å². The summed E-state index contributed by atoms with van der Waals surface area (Å²) in [6.45, 7) is 6.09. The summed E-state index contributed by atoms with van der Waals surface area (Å²) in [4.78, 5) is 58.7. The smallest absolute Gasteiger partial charge is 0.326 e. The number of amides is 3. The van der Waals surface area contributed by atoms with Crippen molar-refractivity contribution < 1.29 is 39.3 Å². The number of rotatable bonds is 12. The largest absolute Gasteiger partial charge is 0.481 e. The van der Waals surface area contributed by atoms with E-state index >= 15 is 0 Å². The van der Waals surface area contributed by atoms with Gasteiger partial charge in [0.05, 0.1) is 12.5 Å². The number of carboxylic acids is 2. The van der Waals surface area contributed by atoms with Crippen molar-refractivity contribution in [3.05, 3.63) is 0 Å². The Morgan fingerprint density at radius 1 is 0.828 bits per heavy atom. The Morgan fingerprint density at radius 3 is 1.76 bits per heavy atom. The number of hydrogen-bond donors (Lipinski definition) is 7. The standard InChI is InChI=1S/C17H30N4O8/c1-7(2)5-11(17(28)29)21-14(25)8(3)19-15(26)10(6-12(23)24)20-16(27)13(18)9(4)22/h7-11,13,22H,5-6,18H2,1-4H3,(H,19,26)(H,20,27)(H,21,25)(H,23,24)(H,28,29). The average Bonchev–Trinajstić information content (AvgIpc) is 2.58. The summed E-state index contributed by atoms with van der Waals surface area (Å²) in [6, 6.07) is -5.28. The van der Waals surface area contributed by atoms with Gasteiger partial charge in [-0.25, -0.2) is 4.79 Å². The fourth-order valence-electron chi connectivity index (χ4n) is 2.24. The number of aliphatic hydroxyl groups excluding tert-OH is 1. The molecule has 0 aromatic rings. The zero-order valence-corrected chi connectivity index (χ0v) is 16.8. The Bertz CT molecular complexity index is 623. The van der Waals surface area contributed by atoms with Gasteiger partial charge in [-0.2, -0.15) is 0 Å². The Morgan fingerprint density at radius 2 is 1.34 bits per heavy atom. The lowest BCUT2D eigenvalue weighted by Gasteiger charge is -2.23. The topological polar surface area (TPSA) is 208 Å². The third-order valence-corrected chi connectivity index (χ3v) is 3.91. The first kappa shape index (κ1) is 26.3. The number of nitrogens with two attached hydrogens (primary N) is 1. The summed E-state index contributed by atoms with van der Waals surface area (Å²) in [5, 5.41) is 34.1. The van der Waals surface area contributed by atoms with Crippen molar-refractivity contribution in [1.82, 2.24) is 16.0 Å². The molecule has 0 aliphatic heterocycles. The molecule has 0 saturated heterocycles. The van der Waals surface area contributed by atoms with Crippen LogP contribution in [0.15, 0.2) is 0 Å². The highest BCUT2D eigenvalue weighted by Crippen LogP contribution is 2.05. The summed E-state index contributed by atoms with van der Waals surface area (Å²) in [5.74, 6) is -5.33. The number of aliphatic carboxylic acids is 2. The molecule has 5 unspecified atom stereocenters. The first-order valence-electron chi connectivity index (χ1n) is 9.05. The summed E-state index contributed by atoms with van der Waals surface area (Å²) in [7, 11) is 0. The molecule has 0 aromatic carbocycles. The first-order valence-corrected chi connectivity index (χ1v) is 9.05. The van der Waals surface area contributed by atoms with Gasteiger partial charge in [-0.3, -0.25) is 19.2 Å². The molecule has 29 heavy (non-hydrogen) atoms. The van der Waals surface area contributed by atoms with Gasteiger partial charge in [0, 0.05) is 0 Å². The molecular formula is C17H30N4O8. The molecule has 0 heterocycles. The first-order chi connectivity index (χ1) is 13.3. The molecule has 0 spiro atoms. The van der Waals surface area contributed by atoms with Crippen LogP contribution < -0.4 is 21.7 Å². The molecule has 0 fully saturated rings. The minimum absolute atomic E-state index is 0.00502.